The number of hydrogen-bond acceptors (Lipinski definition) is 2. The van der Waals surface area contributed by atoms with E-state index in [1.807, 2.05) is 13.0 Å². The summed E-state index contributed by atoms with van der Waals surface area (Å²) in [6.07, 6.45) is 3.88. The Kier molecular flexibility index (Phi) is 4.18. The summed E-state index contributed by atoms with van der Waals surface area (Å²) in [5, 5.41) is 2.98. The van der Waals surface area contributed by atoms with Gasteiger partial charge in [0.1, 0.15) is 5.75 Å². The maximum absolute atomic E-state index is 10.1. The van der Waals surface area contributed by atoms with E-state index in [-0.39, 0.29) is 0 Å². The SMILES string of the molecule is COc1c(Cl)ccc(C)c1/C=C\NC=O. The van der Waals surface area contributed by atoms with E-state index in [1.54, 1.807) is 19.3 Å². The van der Waals surface area contributed by atoms with Crippen LogP contribution in [0.4, 0.5) is 0 Å². The average Bonchev–Trinajstić information content (AvgIpc) is 2.23. The molecule has 0 radical (unpaired) electrons. The van der Waals surface area contributed by atoms with Crippen molar-refractivity contribution < 1.29 is 9.53 Å². The van der Waals surface area contributed by atoms with E-state index in [1.165, 1.54) is 6.20 Å². The van der Waals surface area contributed by atoms with Gasteiger partial charge in [0.25, 0.3) is 0 Å². The Bertz CT molecular complexity index is 388. The fraction of sp³-hybridized carbons (Fsp3) is 0.182. The minimum absolute atomic E-state index is 0.550. The highest BCUT2D eigenvalue weighted by molar-refractivity contribution is 6.32. The second kappa shape index (κ2) is 5.41. The fourth-order valence-electron chi connectivity index (χ4n) is 1.26. The standard InChI is InChI=1S/C11H12ClNO2/c1-8-3-4-10(12)11(15-2)9(8)5-6-13-7-14/h3-7H,1-2H3,(H,13,14)/b6-5-. The number of hydrogen-bond donors (Lipinski definition) is 1. The summed E-state index contributed by atoms with van der Waals surface area (Å²) in [5.41, 5.74) is 1.89. The van der Waals surface area contributed by atoms with Gasteiger partial charge in [-0.1, -0.05) is 17.7 Å². The highest BCUT2D eigenvalue weighted by atomic mass is 35.5. The van der Waals surface area contributed by atoms with Crippen molar-refractivity contribution in [1.82, 2.24) is 5.32 Å². The third-order valence-corrected chi connectivity index (χ3v) is 2.28. The molecule has 15 heavy (non-hydrogen) atoms. The number of ether oxygens (including phenoxy) is 1. The third-order valence-electron chi connectivity index (χ3n) is 1.98. The number of rotatable bonds is 4. The molecule has 3 nitrogen and oxygen atoms in total. The van der Waals surface area contributed by atoms with Crippen LogP contribution in [0.2, 0.25) is 5.02 Å². The molecule has 0 saturated heterocycles. The minimum Gasteiger partial charge on any atom is -0.495 e. The second-order valence-corrected chi connectivity index (χ2v) is 3.34. The third kappa shape index (κ3) is 2.73. The van der Waals surface area contributed by atoms with Crippen LogP contribution in [0.5, 0.6) is 5.75 Å². The average molecular weight is 226 g/mol. The van der Waals surface area contributed by atoms with Crippen LogP contribution in [-0.2, 0) is 4.79 Å². The van der Waals surface area contributed by atoms with Gasteiger partial charge in [0.05, 0.1) is 12.1 Å². The Balaban J connectivity index is 3.13. The van der Waals surface area contributed by atoms with Gasteiger partial charge in [-0.15, -0.1) is 0 Å². The molecule has 0 bridgehead atoms. The molecule has 80 valence electrons. The lowest BCUT2D eigenvalue weighted by Crippen LogP contribution is -1.99. The molecule has 1 amide bonds. The number of methoxy groups -OCH3 is 1. The summed E-state index contributed by atoms with van der Waals surface area (Å²) < 4.78 is 5.19. The molecular weight excluding hydrogens is 214 g/mol. The molecule has 1 aromatic carbocycles. The van der Waals surface area contributed by atoms with E-state index in [0.29, 0.717) is 17.2 Å². The highest BCUT2D eigenvalue weighted by Gasteiger charge is 2.07. The van der Waals surface area contributed by atoms with Crippen molar-refractivity contribution in [3.8, 4) is 5.75 Å². The molecule has 0 heterocycles. The molecule has 0 aliphatic heterocycles. The van der Waals surface area contributed by atoms with E-state index in [2.05, 4.69) is 5.32 Å². The molecule has 0 aliphatic carbocycles. The molecule has 0 unspecified atom stereocenters. The predicted molar refractivity (Wildman–Crippen MR) is 61.0 cm³/mol. The summed E-state index contributed by atoms with van der Waals surface area (Å²) in [5.74, 6) is 0.612. The summed E-state index contributed by atoms with van der Waals surface area (Å²) in [4.78, 5) is 10.1. The van der Waals surface area contributed by atoms with E-state index in [4.69, 9.17) is 16.3 Å². The zero-order valence-corrected chi connectivity index (χ0v) is 9.34. The van der Waals surface area contributed by atoms with Gasteiger partial charge in [-0.3, -0.25) is 4.79 Å². The number of halogens is 1. The van der Waals surface area contributed by atoms with Crippen molar-refractivity contribution in [2.45, 2.75) is 6.92 Å². The first-order valence-corrected chi connectivity index (χ1v) is 4.78. The van der Waals surface area contributed by atoms with Gasteiger partial charge in [0.15, 0.2) is 0 Å². The molecule has 0 aromatic heterocycles. The largest absolute Gasteiger partial charge is 0.495 e. The van der Waals surface area contributed by atoms with E-state index < -0.39 is 0 Å². The van der Waals surface area contributed by atoms with Crippen LogP contribution in [0.15, 0.2) is 18.3 Å². The number of carbonyl (C=O) groups is 1. The number of carbonyl (C=O) groups excluding carboxylic acids is 1. The fourth-order valence-corrected chi connectivity index (χ4v) is 1.50. The number of benzene rings is 1. The molecule has 0 saturated carbocycles. The van der Waals surface area contributed by atoms with Crippen LogP contribution in [0.25, 0.3) is 6.08 Å². The Morgan fingerprint density at radius 2 is 2.20 bits per heavy atom. The predicted octanol–water partition coefficient (Wildman–Crippen LogP) is 2.37. The molecule has 1 rings (SSSR count). The Labute approximate surface area is 93.7 Å². The van der Waals surface area contributed by atoms with Gasteiger partial charge in [-0.25, -0.2) is 0 Å². The van der Waals surface area contributed by atoms with Gasteiger partial charge in [-0.05, 0) is 24.6 Å². The van der Waals surface area contributed by atoms with Crippen LogP contribution >= 0.6 is 11.6 Å². The van der Waals surface area contributed by atoms with E-state index >= 15 is 0 Å². The van der Waals surface area contributed by atoms with Gasteiger partial charge in [-0.2, -0.15) is 0 Å². The quantitative estimate of drug-likeness (QED) is 0.799. The first kappa shape index (κ1) is 11.6. The van der Waals surface area contributed by atoms with Crippen LogP contribution in [-0.4, -0.2) is 13.5 Å². The van der Waals surface area contributed by atoms with Gasteiger partial charge < -0.3 is 10.1 Å². The molecule has 0 spiro atoms. The second-order valence-electron chi connectivity index (χ2n) is 2.93. The van der Waals surface area contributed by atoms with E-state index in [9.17, 15) is 4.79 Å². The summed E-state index contributed by atoms with van der Waals surface area (Å²) in [7, 11) is 1.56. The lowest BCUT2D eigenvalue weighted by Gasteiger charge is -2.09. The number of aryl methyl sites for hydroxylation is 1. The van der Waals surface area contributed by atoms with Crippen molar-refractivity contribution >= 4 is 24.1 Å². The molecular formula is C11H12ClNO2. The van der Waals surface area contributed by atoms with Gasteiger partial charge in [0.2, 0.25) is 6.41 Å². The maximum Gasteiger partial charge on any atom is 0.211 e. The molecule has 1 aromatic rings. The van der Waals surface area contributed by atoms with Crippen LogP contribution in [0, 0.1) is 6.92 Å². The maximum atomic E-state index is 10.1. The summed E-state index contributed by atoms with van der Waals surface area (Å²) in [6, 6.07) is 3.67. The van der Waals surface area contributed by atoms with Crippen molar-refractivity contribution in [1.29, 1.82) is 0 Å². The smallest absolute Gasteiger partial charge is 0.211 e. The molecule has 0 fully saturated rings. The van der Waals surface area contributed by atoms with Crippen molar-refractivity contribution in [3.05, 3.63) is 34.5 Å². The normalized spacial score (nSPS) is 10.3. The Morgan fingerprint density at radius 3 is 2.80 bits per heavy atom. The van der Waals surface area contributed by atoms with E-state index in [0.717, 1.165) is 11.1 Å². The van der Waals surface area contributed by atoms with Gasteiger partial charge >= 0.3 is 0 Å². The summed E-state index contributed by atoms with van der Waals surface area (Å²) >= 11 is 5.97. The Hall–Kier alpha value is -1.48. The minimum atomic E-state index is 0.550. The van der Waals surface area contributed by atoms with Crippen molar-refractivity contribution in [2.75, 3.05) is 7.11 Å². The van der Waals surface area contributed by atoms with Crippen molar-refractivity contribution in [2.24, 2.45) is 0 Å². The Morgan fingerprint density at radius 1 is 1.47 bits per heavy atom. The zero-order valence-electron chi connectivity index (χ0n) is 8.58. The van der Waals surface area contributed by atoms with Crippen molar-refractivity contribution in [3.63, 3.8) is 0 Å². The molecule has 0 aliphatic rings. The molecule has 0 atom stereocenters. The van der Waals surface area contributed by atoms with Crippen LogP contribution in [0.3, 0.4) is 0 Å². The molecule has 1 N–H and O–H groups in total. The summed E-state index contributed by atoms with van der Waals surface area (Å²) in [6.45, 7) is 1.94. The van der Waals surface area contributed by atoms with Gasteiger partial charge in [0, 0.05) is 11.8 Å². The topological polar surface area (TPSA) is 38.3 Å². The highest BCUT2D eigenvalue weighted by Crippen LogP contribution is 2.31. The molecule has 4 heteroatoms. The lowest BCUT2D eigenvalue weighted by atomic mass is 10.1. The van der Waals surface area contributed by atoms with Crippen LogP contribution < -0.4 is 10.1 Å². The number of amides is 1. The zero-order chi connectivity index (χ0) is 11.3. The first-order valence-electron chi connectivity index (χ1n) is 4.40. The van der Waals surface area contributed by atoms with Crippen LogP contribution in [0.1, 0.15) is 11.1 Å². The monoisotopic (exact) mass is 225 g/mol. The lowest BCUT2D eigenvalue weighted by molar-refractivity contribution is -0.108. The number of nitrogens with one attached hydrogen (secondary N) is 1. The first-order chi connectivity index (χ1) is 7.20.